The topological polar surface area (TPSA) is 91.8 Å². The van der Waals surface area contributed by atoms with Gasteiger partial charge in [-0.2, -0.15) is 0 Å². The molecule has 1 heterocycles. The Morgan fingerprint density at radius 1 is 1.41 bits per heavy atom. The van der Waals surface area contributed by atoms with Gasteiger partial charge in [-0.3, -0.25) is 4.99 Å². The molecule has 0 spiro atoms. The van der Waals surface area contributed by atoms with Crippen molar-refractivity contribution in [3.05, 3.63) is 34.9 Å². The molecule has 7 nitrogen and oxygen atoms in total. The van der Waals surface area contributed by atoms with Crippen molar-refractivity contribution in [1.82, 2.24) is 15.4 Å². The Morgan fingerprint density at radius 3 is 2.89 bits per heavy atom. The van der Waals surface area contributed by atoms with Gasteiger partial charge in [0, 0.05) is 31.8 Å². The average Bonchev–Trinajstić information content (AvgIpc) is 2.66. The number of nitrogens with one attached hydrogen (secondary N) is 3. The van der Waals surface area contributed by atoms with Crippen LogP contribution < -0.4 is 15.4 Å². The minimum absolute atomic E-state index is 0.0190. The van der Waals surface area contributed by atoms with E-state index in [4.69, 9.17) is 16.3 Å². The number of guanidine groups is 1. The molecule has 0 bridgehead atoms. The third kappa shape index (κ3) is 8.04. The average molecular weight is 417 g/mol. The highest BCUT2D eigenvalue weighted by molar-refractivity contribution is 7.89. The van der Waals surface area contributed by atoms with Crippen LogP contribution in [0, 0.1) is 0 Å². The molecule has 152 valence electrons. The van der Waals surface area contributed by atoms with Crippen LogP contribution in [0.15, 0.2) is 29.3 Å². The molecule has 27 heavy (non-hydrogen) atoms. The van der Waals surface area contributed by atoms with Crippen LogP contribution in [-0.2, 0) is 14.8 Å². The number of rotatable bonds is 8. The van der Waals surface area contributed by atoms with E-state index in [2.05, 4.69) is 20.3 Å². The molecule has 2 rings (SSSR count). The second kappa shape index (κ2) is 10.8. The third-order valence-electron chi connectivity index (χ3n) is 4.39. The summed E-state index contributed by atoms with van der Waals surface area (Å²) in [5.41, 5.74) is 1.02. The van der Waals surface area contributed by atoms with Gasteiger partial charge in [-0.1, -0.05) is 23.7 Å². The lowest BCUT2D eigenvalue weighted by atomic mass is 10.1. The van der Waals surface area contributed by atoms with Crippen molar-refractivity contribution in [2.75, 3.05) is 32.5 Å². The monoisotopic (exact) mass is 416 g/mol. The van der Waals surface area contributed by atoms with E-state index in [-0.39, 0.29) is 24.4 Å². The van der Waals surface area contributed by atoms with Crippen LogP contribution in [0.5, 0.6) is 0 Å². The molecule has 0 aromatic heterocycles. The van der Waals surface area contributed by atoms with Gasteiger partial charge in [-0.15, -0.1) is 0 Å². The van der Waals surface area contributed by atoms with Gasteiger partial charge < -0.3 is 15.4 Å². The second-order valence-electron chi connectivity index (χ2n) is 6.58. The quantitative estimate of drug-likeness (QED) is 0.445. The molecule has 1 aliphatic heterocycles. The SMILES string of the molecule is CN=C(NCCS(=O)(=O)NCC1CCCCO1)NC(C)c1cccc(Cl)c1. The number of benzene rings is 1. The maximum atomic E-state index is 12.1. The van der Waals surface area contributed by atoms with Crippen LogP contribution in [0.2, 0.25) is 5.02 Å². The van der Waals surface area contributed by atoms with Gasteiger partial charge in [0.2, 0.25) is 10.0 Å². The highest BCUT2D eigenvalue weighted by Gasteiger charge is 2.17. The molecule has 9 heteroatoms. The maximum absolute atomic E-state index is 12.1. The molecular formula is C18H29ClN4O3S. The Bertz CT molecular complexity index is 721. The summed E-state index contributed by atoms with van der Waals surface area (Å²) >= 11 is 6.02. The van der Waals surface area contributed by atoms with E-state index in [0.717, 1.165) is 24.8 Å². The molecule has 0 amide bonds. The van der Waals surface area contributed by atoms with E-state index in [1.807, 2.05) is 31.2 Å². The Kier molecular flexibility index (Phi) is 8.82. The van der Waals surface area contributed by atoms with Gasteiger partial charge in [-0.05, 0) is 43.9 Å². The predicted molar refractivity (Wildman–Crippen MR) is 110 cm³/mol. The van der Waals surface area contributed by atoms with Crippen LogP contribution in [-0.4, -0.2) is 53.0 Å². The summed E-state index contributed by atoms with van der Waals surface area (Å²) in [5.74, 6) is 0.500. The third-order valence-corrected chi connectivity index (χ3v) is 5.98. The smallest absolute Gasteiger partial charge is 0.213 e. The number of sulfonamides is 1. The first kappa shape index (κ1) is 21.9. The largest absolute Gasteiger partial charge is 0.377 e. The number of halogens is 1. The highest BCUT2D eigenvalue weighted by Crippen LogP contribution is 2.17. The van der Waals surface area contributed by atoms with Crippen molar-refractivity contribution in [2.24, 2.45) is 4.99 Å². The van der Waals surface area contributed by atoms with Gasteiger partial charge in [0.1, 0.15) is 0 Å². The lowest BCUT2D eigenvalue weighted by molar-refractivity contribution is 0.0200. The van der Waals surface area contributed by atoms with Crippen molar-refractivity contribution in [3.63, 3.8) is 0 Å². The van der Waals surface area contributed by atoms with E-state index >= 15 is 0 Å². The fraction of sp³-hybridized carbons (Fsp3) is 0.611. The van der Waals surface area contributed by atoms with Crippen molar-refractivity contribution in [2.45, 2.75) is 38.3 Å². The van der Waals surface area contributed by atoms with E-state index in [1.165, 1.54) is 0 Å². The second-order valence-corrected chi connectivity index (χ2v) is 8.94. The molecular weight excluding hydrogens is 388 g/mol. The van der Waals surface area contributed by atoms with E-state index < -0.39 is 10.0 Å². The summed E-state index contributed by atoms with van der Waals surface area (Å²) in [7, 11) is -1.72. The molecule has 1 aromatic rings. The Labute approximate surface area is 167 Å². The molecule has 1 saturated heterocycles. The normalized spacial score (nSPS) is 19.5. The van der Waals surface area contributed by atoms with Crippen LogP contribution in [0.25, 0.3) is 0 Å². The van der Waals surface area contributed by atoms with Gasteiger partial charge in [0.15, 0.2) is 5.96 Å². The van der Waals surface area contributed by atoms with Crippen molar-refractivity contribution in [1.29, 1.82) is 0 Å². The Morgan fingerprint density at radius 2 is 2.22 bits per heavy atom. The van der Waals surface area contributed by atoms with E-state index in [0.29, 0.717) is 24.1 Å². The molecule has 3 N–H and O–H groups in total. The van der Waals surface area contributed by atoms with Gasteiger partial charge >= 0.3 is 0 Å². The van der Waals surface area contributed by atoms with Crippen molar-refractivity contribution < 1.29 is 13.2 Å². The van der Waals surface area contributed by atoms with Crippen molar-refractivity contribution >= 4 is 27.6 Å². The summed E-state index contributed by atoms with van der Waals surface area (Å²) in [5, 5.41) is 6.93. The first-order valence-electron chi connectivity index (χ1n) is 9.21. The zero-order chi connectivity index (χ0) is 19.7. The molecule has 2 atom stereocenters. The summed E-state index contributed by atoms with van der Waals surface area (Å²) in [6.07, 6.45) is 3.02. The molecule has 0 aliphatic carbocycles. The molecule has 1 fully saturated rings. The fourth-order valence-corrected chi connectivity index (χ4v) is 3.98. The summed E-state index contributed by atoms with van der Waals surface area (Å²) in [4.78, 5) is 4.14. The maximum Gasteiger partial charge on any atom is 0.213 e. The number of hydrogen-bond acceptors (Lipinski definition) is 4. The van der Waals surface area contributed by atoms with E-state index in [9.17, 15) is 8.42 Å². The Balaban J connectivity index is 1.74. The first-order valence-corrected chi connectivity index (χ1v) is 11.2. The molecule has 0 saturated carbocycles. The van der Waals surface area contributed by atoms with Crippen molar-refractivity contribution in [3.8, 4) is 0 Å². The van der Waals surface area contributed by atoms with Gasteiger partial charge in [0.25, 0.3) is 0 Å². The first-order chi connectivity index (χ1) is 12.9. The van der Waals surface area contributed by atoms with Crippen LogP contribution in [0.3, 0.4) is 0 Å². The number of hydrogen-bond donors (Lipinski definition) is 3. The molecule has 1 aliphatic rings. The summed E-state index contributed by atoms with van der Waals surface area (Å²) in [6.45, 7) is 3.28. The van der Waals surface area contributed by atoms with Gasteiger partial charge in [0.05, 0.1) is 17.9 Å². The van der Waals surface area contributed by atoms with Gasteiger partial charge in [-0.25, -0.2) is 13.1 Å². The minimum atomic E-state index is -3.36. The zero-order valence-electron chi connectivity index (χ0n) is 15.9. The fourth-order valence-electron chi connectivity index (χ4n) is 2.82. The molecule has 1 aromatic carbocycles. The molecule has 2 unspecified atom stereocenters. The summed E-state index contributed by atoms with van der Waals surface area (Å²) in [6, 6.07) is 7.54. The molecule has 0 radical (unpaired) electrons. The number of nitrogens with zero attached hydrogens (tertiary/aromatic N) is 1. The standard InChI is InChI=1S/C18H29ClN4O3S/c1-14(15-6-5-7-16(19)12-15)23-18(20-2)21-9-11-27(24,25)22-13-17-8-3-4-10-26-17/h5-7,12,14,17,22H,3-4,8-11,13H2,1-2H3,(H2,20,21,23). The number of ether oxygens (including phenoxy) is 1. The lowest BCUT2D eigenvalue weighted by Gasteiger charge is -2.22. The lowest BCUT2D eigenvalue weighted by Crippen LogP contribution is -2.43. The Hall–Kier alpha value is -1.35. The van der Waals surface area contributed by atoms with Crippen LogP contribution >= 0.6 is 11.6 Å². The van der Waals surface area contributed by atoms with Crippen LogP contribution in [0.4, 0.5) is 0 Å². The summed E-state index contributed by atoms with van der Waals surface area (Å²) < 4.78 is 32.5. The highest BCUT2D eigenvalue weighted by atomic mass is 35.5. The van der Waals surface area contributed by atoms with Crippen LogP contribution in [0.1, 0.15) is 37.8 Å². The zero-order valence-corrected chi connectivity index (χ0v) is 17.4. The minimum Gasteiger partial charge on any atom is -0.377 e. The van der Waals surface area contributed by atoms with E-state index in [1.54, 1.807) is 7.05 Å². The predicted octanol–water partition coefficient (Wildman–Crippen LogP) is 2.05. The number of aliphatic imine (C=N–C) groups is 1.